The van der Waals surface area contributed by atoms with E-state index in [0.717, 1.165) is 29.7 Å². The van der Waals surface area contributed by atoms with Crippen LogP contribution in [0.2, 0.25) is 0 Å². The third kappa shape index (κ3) is 3.22. The van der Waals surface area contributed by atoms with E-state index in [9.17, 15) is 0 Å². The quantitative estimate of drug-likeness (QED) is 0.607. The van der Waals surface area contributed by atoms with Gasteiger partial charge in [-0.05, 0) is 32.4 Å². The minimum Gasteiger partial charge on any atom is -0.384 e. The molecule has 0 aliphatic rings. The van der Waals surface area contributed by atoms with E-state index in [-0.39, 0.29) is 5.84 Å². The van der Waals surface area contributed by atoms with E-state index in [1.54, 1.807) is 0 Å². The lowest BCUT2D eigenvalue weighted by Gasteiger charge is -2.28. The van der Waals surface area contributed by atoms with E-state index < -0.39 is 0 Å². The first kappa shape index (κ1) is 13.6. The average molecular weight is 233 g/mol. The predicted molar refractivity (Wildman–Crippen MR) is 75.0 cm³/mol. The molecular formula is C14H23N3. The van der Waals surface area contributed by atoms with Gasteiger partial charge in [-0.2, -0.15) is 0 Å². The SMILES string of the molecule is CCCC(C)N(C)c1ccc(C)cc1C(=N)N. The highest BCUT2D eigenvalue weighted by molar-refractivity contribution is 6.00. The Bertz CT molecular complexity index is 398. The molecule has 0 amide bonds. The standard InChI is InChI=1S/C14H23N3/c1-5-6-11(3)17(4)13-8-7-10(2)9-12(13)14(15)16/h7-9,11H,5-6H2,1-4H3,(H3,15,16). The van der Waals surface area contributed by atoms with Gasteiger partial charge in [-0.1, -0.05) is 25.0 Å². The molecule has 0 saturated heterocycles. The Hall–Kier alpha value is -1.51. The number of rotatable bonds is 5. The first-order valence-corrected chi connectivity index (χ1v) is 6.15. The average Bonchev–Trinajstić information content (AvgIpc) is 2.28. The van der Waals surface area contributed by atoms with E-state index in [4.69, 9.17) is 11.1 Å². The van der Waals surface area contributed by atoms with Gasteiger partial charge in [0.05, 0.1) is 0 Å². The van der Waals surface area contributed by atoms with E-state index in [2.05, 4.69) is 37.9 Å². The Kier molecular flexibility index (Phi) is 4.55. The molecule has 0 saturated carbocycles. The molecule has 0 fully saturated rings. The molecule has 1 aromatic carbocycles. The maximum Gasteiger partial charge on any atom is 0.124 e. The van der Waals surface area contributed by atoms with E-state index in [1.165, 1.54) is 0 Å². The molecule has 1 unspecified atom stereocenters. The lowest BCUT2D eigenvalue weighted by molar-refractivity contribution is 0.616. The largest absolute Gasteiger partial charge is 0.384 e. The summed E-state index contributed by atoms with van der Waals surface area (Å²) >= 11 is 0. The van der Waals surface area contributed by atoms with Crippen LogP contribution in [-0.4, -0.2) is 18.9 Å². The summed E-state index contributed by atoms with van der Waals surface area (Å²) in [6.45, 7) is 6.41. The van der Waals surface area contributed by atoms with Crippen molar-refractivity contribution in [3.63, 3.8) is 0 Å². The van der Waals surface area contributed by atoms with Crippen molar-refractivity contribution in [2.24, 2.45) is 5.73 Å². The number of aryl methyl sites for hydroxylation is 1. The third-order valence-electron chi connectivity index (χ3n) is 3.19. The maximum absolute atomic E-state index is 7.66. The topological polar surface area (TPSA) is 53.1 Å². The maximum atomic E-state index is 7.66. The second-order valence-electron chi connectivity index (χ2n) is 4.68. The molecule has 3 nitrogen and oxygen atoms in total. The van der Waals surface area contributed by atoms with Gasteiger partial charge < -0.3 is 10.6 Å². The fourth-order valence-corrected chi connectivity index (χ4v) is 2.02. The Morgan fingerprint density at radius 1 is 1.47 bits per heavy atom. The zero-order valence-electron chi connectivity index (χ0n) is 11.2. The summed E-state index contributed by atoms with van der Waals surface area (Å²) in [5, 5.41) is 7.66. The van der Waals surface area contributed by atoms with Crippen LogP contribution in [0.25, 0.3) is 0 Å². The summed E-state index contributed by atoms with van der Waals surface area (Å²) < 4.78 is 0. The molecule has 0 aliphatic heterocycles. The molecule has 0 aromatic heterocycles. The molecule has 0 spiro atoms. The molecule has 94 valence electrons. The zero-order valence-corrected chi connectivity index (χ0v) is 11.2. The summed E-state index contributed by atoms with van der Waals surface area (Å²) in [4.78, 5) is 2.21. The lowest BCUT2D eigenvalue weighted by atomic mass is 10.1. The second-order valence-corrected chi connectivity index (χ2v) is 4.68. The molecule has 0 aliphatic carbocycles. The van der Waals surface area contributed by atoms with Crippen molar-refractivity contribution in [1.82, 2.24) is 0 Å². The van der Waals surface area contributed by atoms with Gasteiger partial charge in [0.15, 0.2) is 0 Å². The van der Waals surface area contributed by atoms with Gasteiger partial charge in [0.1, 0.15) is 5.84 Å². The lowest BCUT2D eigenvalue weighted by Crippen LogP contribution is -2.30. The second kappa shape index (κ2) is 5.71. The fraction of sp³-hybridized carbons (Fsp3) is 0.500. The van der Waals surface area contributed by atoms with Crippen molar-refractivity contribution < 1.29 is 0 Å². The minimum atomic E-state index is 0.138. The van der Waals surface area contributed by atoms with Gasteiger partial charge in [0.2, 0.25) is 0 Å². The summed E-state index contributed by atoms with van der Waals surface area (Å²) in [6, 6.07) is 6.56. The molecule has 1 aromatic rings. The highest BCUT2D eigenvalue weighted by Gasteiger charge is 2.14. The molecule has 3 heteroatoms. The molecule has 0 heterocycles. The zero-order chi connectivity index (χ0) is 13.0. The van der Waals surface area contributed by atoms with Crippen LogP contribution in [0.5, 0.6) is 0 Å². The number of nitrogens with one attached hydrogen (secondary N) is 1. The van der Waals surface area contributed by atoms with Crippen LogP contribution in [0.15, 0.2) is 18.2 Å². The van der Waals surface area contributed by atoms with Crippen molar-refractivity contribution in [3.05, 3.63) is 29.3 Å². The highest BCUT2D eigenvalue weighted by atomic mass is 15.1. The Morgan fingerprint density at radius 2 is 2.12 bits per heavy atom. The number of nitrogens with zero attached hydrogens (tertiary/aromatic N) is 1. The number of hydrogen-bond donors (Lipinski definition) is 2. The Morgan fingerprint density at radius 3 is 2.65 bits per heavy atom. The van der Waals surface area contributed by atoms with E-state index in [1.807, 2.05) is 13.0 Å². The Labute approximate surface area is 104 Å². The van der Waals surface area contributed by atoms with Crippen molar-refractivity contribution in [2.45, 2.75) is 39.7 Å². The van der Waals surface area contributed by atoms with Gasteiger partial charge in [-0.25, -0.2) is 0 Å². The normalized spacial score (nSPS) is 12.2. The van der Waals surface area contributed by atoms with Crippen LogP contribution in [0.1, 0.15) is 37.8 Å². The highest BCUT2D eigenvalue weighted by Crippen LogP contribution is 2.23. The van der Waals surface area contributed by atoms with Crippen molar-refractivity contribution in [1.29, 1.82) is 5.41 Å². The summed E-state index contributed by atoms with van der Waals surface area (Å²) in [5.41, 5.74) is 8.66. The summed E-state index contributed by atoms with van der Waals surface area (Å²) in [6.07, 6.45) is 2.30. The van der Waals surface area contributed by atoms with E-state index >= 15 is 0 Å². The first-order chi connectivity index (χ1) is 7.97. The number of amidine groups is 1. The molecule has 17 heavy (non-hydrogen) atoms. The molecule has 0 bridgehead atoms. The number of nitrogen functional groups attached to an aromatic ring is 1. The number of anilines is 1. The number of benzene rings is 1. The minimum absolute atomic E-state index is 0.138. The molecule has 1 atom stereocenters. The molecular weight excluding hydrogens is 210 g/mol. The van der Waals surface area contributed by atoms with Gasteiger partial charge in [0, 0.05) is 24.3 Å². The molecule has 1 rings (SSSR count). The van der Waals surface area contributed by atoms with E-state index in [0.29, 0.717) is 6.04 Å². The van der Waals surface area contributed by atoms with Gasteiger partial charge in [0.25, 0.3) is 0 Å². The number of nitrogens with two attached hydrogens (primary N) is 1. The molecule has 3 N–H and O–H groups in total. The van der Waals surface area contributed by atoms with Crippen molar-refractivity contribution in [3.8, 4) is 0 Å². The smallest absolute Gasteiger partial charge is 0.124 e. The number of hydrogen-bond acceptors (Lipinski definition) is 2. The summed E-state index contributed by atoms with van der Waals surface area (Å²) in [5.74, 6) is 0.138. The Balaban J connectivity index is 3.08. The van der Waals surface area contributed by atoms with Gasteiger partial charge in [-0.3, -0.25) is 5.41 Å². The van der Waals surface area contributed by atoms with Crippen LogP contribution in [-0.2, 0) is 0 Å². The predicted octanol–water partition coefficient (Wildman–Crippen LogP) is 2.90. The van der Waals surface area contributed by atoms with Crippen LogP contribution >= 0.6 is 0 Å². The van der Waals surface area contributed by atoms with Crippen LogP contribution < -0.4 is 10.6 Å². The van der Waals surface area contributed by atoms with Crippen molar-refractivity contribution in [2.75, 3.05) is 11.9 Å². The first-order valence-electron chi connectivity index (χ1n) is 6.15. The monoisotopic (exact) mass is 233 g/mol. The van der Waals surface area contributed by atoms with Crippen LogP contribution in [0, 0.1) is 12.3 Å². The van der Waals surface area contributed by atoms with Crippen molar-refractivity contribution >= 4 is 11.5 Å². The molecule has 0 radical (unpaired) electrons. The van der Waals surface area contributed by atoms with Crippen LogP contribution in [0.3, 0.4) is 0 Å². The van der Waals surface area contributed by atoms with Crippen LogP contribution in [0.4, 0.5) is 5.69 Å². The van der Waals surface area contributed by atoms with Gasteiger partial charge >= 0.3 is 0 Å². The summed E-state index contributed by atoms with van der Waals surface area (Å²) in [7, 11) is 2.07. The fourth-order valence-electron chi connectivity index (χ4n) is 2.02. The third-order valence-corrected chi connectivity index (χ3v) is 3.19. The van der Waals surface area contributed by atoms with Gasteiger partial charge in [-0.15, -0.1) is 0 Å².